The molecule has 0 radical (unpaired) electrons. The summed E-state index contributed by atoms with van der Waals surface area (Å²) in [6.07, 6.45) is -2.74. The molecule has 2 N–H and O–H groups in total. The normalized spacial score (nSPS) is 12.2. The molecule has 22 heavy (non-hydrogen) atoms. The van der Waals surface area contributed by atoms with E-state index in [2.05, 4.69) is 25.7 Å². The minimum Gasteiger partial charge on any atom is -0.355 e. The monoisotopic (exact) mass is 435 g/mol. The fourth-order valence-electron chi connectivity index (χ4n) is 1.61. The average molecular weight is 435 g/mol. The first-order valence-corrected chi connectivity index (χ1v) is 6.34. The molecule has 0 aromatic carbocycles. The number of halogens is 4. The molecule has 1 rings (SSSR count). The first-order chi connectivity index (χ1) is 9.81. The van der Waals surface area contributed by atoms with E-state index in [1.807, 2.05) is 0 Å². The molecule has 1 aromatic heterocycles. The van der Waals surface area contributed by atoms with Gasteiger partial charge >= 0.3 is 6.18 Å². The molecule has 0 spiro atoms. The molecule has 7 nitrogen and oxygen atoms in total. The maximum atomic E-state index is 12.2. The van der Waals surface area contributed by atoms with Gasteiger partial charge in [0.2, 0.25) is 0 Å². The number of guanidine groups is 1. The molecule has 0 amide bonds. The van der Waals surface area contributed by atoms with Crippen LogP contribution in [0.2, 0.25) is 0 Å². The quantitative estimate of drug-likeness (QED) is 0.389. The fraction of sp³-hybridized carbons (Fsp3) is 0.727. The van der Waals surface area contributed by atoms with Gasteiger partial charge in [-0.3, -0.25) is 14.6 Å². The number of nitrogens with one attached hydrogen (secondary N) is 2. The highest BCUT2D eigenvalue weighted by Crippen LogP contribution is 2.14. The third kappa shape index (κ3) is 8.36. The number of aliphatic imine (C=N–C) groups is 1. The zero-order chi connectivity index (χ0) is 15.9. The smallest absolute Gasteiger partial charge is 0.355 e. The highest BCUT2D eigenvalue weighted by Gasteiger charge is 2.28. The number of aryl methyl sites for hydroxylation is 1. The predicted molar refractivity (Wildman–Crippen MR) is 88.2 cm³/mol. The summed E-state index contributed by atoms with van der Waals surface area (Å²) in [5.74, 6) is 1.23. The molecule has 0 saturated carbocycles. The number of aromatic nitrogens is 3. The van der Waals surface area contributed by atoms with Crippen molar-refractivity contribution >= 4 is 29.9 Å². The summed E-state index contributed by atoms with van der Waals surface area (Å²) in [5, 5.41) is 9.88. The maximum absolute atomic E-state index is 12.2. The van der Waals surface area contributed by atoms with Gasteiger partial charge in [-0.1, -0.05) is 0 Å². The van der Waals surface area contributed by atoms with Gasteiger partial charge in [0.05, 0.1) is 13.1 Å². The largest absolute Gasteiger partial charge is 0.401 e. The van der Waals surface area contributed by atoms with Crippen LogP contribution in [0.25, 0.3) is 0 Å². The van der Waals surface area contributed by atoms with Crippen LogP contribution >= 0.6 is 24.0 Å². The molecule has 0 atom stereocenters. The molecule has 1 heterocycles. The Hall–Kier alpha value is -1.11. The van der Waals surface area contributed by atoms with E-state index in [4.69, 9.17) is 0 Å². The number of likely N-dealkylation sites (N-methyl/N-ethyl adjacent to an activating group) is 1. The molecule has 0 saturated heterocycles. The Bertz CT molecular complexity index is 461. The van der Waals surface area contributed by atoms with Crippen molar-refractivity contribution in [2.24, 2.45) is 12.0 Å². The topological polar surface area (TPSA) is 70.4 Å². The predicted octanol–water partition coefficient (Wildman–Crippen LogP) is 0.592. The second-order valence-corrected chi connectivity index (χ2v) is 4.51. The highest BCUT2D eigenvalue weighted by molar-refractivity contribution is 14.0. The summed E-state index contributed by atoms with van der Waals surface area (Å²) in [7, 11) is 4.78. The van der Waals surface area contributed by atoms with E-state index < -0.39 is 12.7 Å². The van der Waals surface area contributed by atoms with E-state index in [1.165, 1.54) is 18.3 Å². The van der Waals surface area contributed by atoms with E-state index in [0.717, 1.165) is 5.82 Å². The zero-order valence-corrected chi connectivity index (χ0v) is 15.0. The van der Waals surface area contributed by atoms with Gasteiger partial charge < -0.3 is 10.6 Å². The first kappa shape index (κ1) is 20.9. The lowest BCUT2D eigenvalue weighted by Gasteiger charge is -2.19. The van der Waals surface area contributed by atoms with Crippen LogP contribution in [0.15, 0.2) is 11.3 Å². The van der Waals surface area contributed by atoms with E-state index >= 15 is 0 Å². The van der Waals surface area contributed by atoms with Crippen LogP contribution in [0.3, 0.4) is 0 Å². The summed E-state index contributed by atoms with van der Waals surface area (Å²) in [6, 6.07) is 0. The van der Waals surface area contributed by atoms with Gasteiger partial charge in [-0.05, 0) is 7.05 Å². The second-order valence-electron chi connectivity index (χ2n) is 4.51. The Morgan fingerprint density at radius 1 is 1.41 bits per heavy atom. The molecule has 0 aliphatic heterocycles. The number of hydrogen-bond donors (Lipinski definition) is 2. The van der Waals surface area contributed by atoms with E-state index in [-0.39, 0.29) is 30.5 Å². The van der Waals surface area contributed by atoms with Gasteiger partial charge in [-0.25, -0.2) is 4.98 Å². The van der Waals surface area contributed by atoms with E-state index in [1.54, 1.807) is 18.8 Å². The summed E-state index contributed by atoms with van der Waals surface area (Å²) in [4.78, 5) is 9.23. The summed E-state index contributed by atoms with van der Waals surface area (Å²) < 4.78 is 38.1. The average Bonchev–Trinajstić information content (AvgIpc) is 2.77. The molecule has 11 heteroatoms. The third-order valence-electron chi connectivity index (χ3n) is 2.68. The van der Waals surface area contributed by atoms with Gasteiger partial charge in [0.1, 0.15) is 12.2 Å². The second kappa shape index (κ2) is 9.82. The molecule has 0 bridgehead atoms. The third-order valence-corrected chi connectivity index (χ3v) is 2.68. The van der Waals surface area contributed by atoms with Gasteiger partial charge in [-0.2, -0.15) is 18.3 Å². The molecule has 0 aliphatic rings. The van der Waals surface area contributed by atoms with Crippen LogP contribution in [0.5, 0.6) is 0 Å². The Kier molecular flexibility index (Phi) is 9.32. The molecular formula is C11H21F3IN7. The van der Waals surface area contributed by atoms with Crippen molar-refractivity contribution < 1.29 is 13.2 Å². The van der Waals surface area contributed by atoms with Crippen molar-refractivity contribution in [2.45, 2.75) is 12.7 Å². The molecule has 128 valence electrons. The van der Waals surface area contributed by atoms with Gasteiger partial charge in [0.15, 0.2) is 5.96 Å². The van der Waals surface area contributed by atoms with Gasteiger partial charge in [0.25, 0.3) is 0 Å². The first-order valence-electron chi connectivity index (χ1n) is 6.34. The Morgan fingerprint density at radius 2 is 2.09 bits per heavy atom. The molecule has 0 unspecified atom stereocenters. The summed E-state index contributed by atoms with van der Waals surface area (Å²) >= 11 is 0. The standard InChI is InChI=1S/C11H20F3N7.HI/c1-15-10(17-6-9-18-8-19-21(9)3)16-4-5-20(2)7-11(12,13)14;/h8H,4-7H2,1-3H3,(H2,15,16,17);1H. The van der Waals surface area contributed by atoms with Crippen LogP contribution in [0, 0.1) is 0 Å². The number of hydrogen-bond acceptors (Lipinski definition) is 4. The van der Waals surface area contributed by atoms with Crippen molar-refractivity contribution in [3.05, 3.63) is 12.2 Å². The lowest BCUT2D eigenvalue weighted by molar-refractivity contribution is -0.142. The molecule has 0 aliphatic carbocycles. The lowest BCUT2D eigenvalue weighted by Crippen LogP contribution is -2.42. The Labute approximate surface area is 144 Å². The van der Waals surface area contributed by atoms with Crippen LogP contribution < -0.4 is 10.6 Å². The molecule has 1 aromatic rings. The van der Waals surface area contributed by atoms with Crippen molar-refractivity contribution in [1.82, 2.24) is 30.3 Å². The van der Waals surface area contributed by atoms with Gasteiger partial charge in [-0.15, -0.1) is 24.0 Å². The SMILES string of the molecule is CN=C(NCCN(C)CC(F)(F)F)NCc1ncnn1C.I. The summed E-state index contributed by atoms with van der Waals surface area (Å²) in [6.45, 7) is 0.101. The summed E-state index contributed by atoms with van der Waals surface area (Å²) in [5.41, 5.74) is 0. The van der Waals surface area contributed by atoms with E-state index in [9.17, 15) is 13.2 Å². The van der Waals surface area contributed by atoms with Crippen molar-refractivity contribution in [1.29, 1.82) is 0 Å². The van der Waals surface area contributed by atoms with Gasteiger partial charge in [0, 0.05) is 27.2 Å². The van der Waals surface area contributed by atoms with Crippen molar-refractivity contribution in [3.63, 3.8) is 0 Å². The fourth-order valence-corrected chi connectivity index (χ4v) is 1.61. The highest BCUT2D eigenvalue weighted by atomic mass is 127. The Morgan fingerprint density at radius 3 is 2.59 bits per heavy atom. The number of rotatable bonds is 6. The molecular weight excluding hydrogens is 414 g/mol. The van der Waals surface area contributed by atoms with Crippen LogP contribution in [-0.2, 0) is 13.6 Å². The maximum Gasteiger partial charge on any atom is 0.401 e. The Balaban J connectivity index is 0.00000441. The van der Waals surface area contributed by atoms with Crippen LogP contribution in [0.4, 0.5) is 13.2 Å². The van der Waals surface area contributed by atoms with Crippen LogP contribution in [0.1, 0.15) is 5.82 Å². The van der Waals surface area contributed by atoms with Crippen molar-refractivity contribution in [3.8, 4) is 0 Å². The molecule has 0 fully saturated rings. The minimum atomic E-state index is -4.18. The minimum absolute atomic E-state index is 0. The zero-order valence-electron chi connectivity index (χ0n) is 12.7. The van der Waals surface area contributed by atoms with E-state index in [0.29, 0.717) is 19.0 Å². The lowest BCUT2D eigenvalue weighted by atomic mass is 10.5. The van der Waals surface area contributed by atoms with Crippen molar-refractivity contribution in [2.75, 3.05) is 33.7 Å². The van der Waals surface area contributed by atoms with Crippen LogP contribution in [-0.4, -0.2) is 65.5 Å². The number of nitrogens with zero attached hydrogens (tertiary/aromatic N) is 5. The number of alkyl halides is 3.